The fourth-order valence-corrected chi connectivity index (χ4v) is 4.28. The monoisotopic (exact) mass is 317 g/mol. The molecule has 0 radical (unpaired) electrons. The first-order chi connectivity index (χ1) is 10.3. The van der Waals surface area contributed by atoms with E-state index in [1.54, 1.807) is 20.0 Å². The van der Waals surface area contributed by atoms with Gasteiger partial charge >= 0.3 is 0 Å². The number of fused-ring (bicyclic) bond motifs is 1. The highest BCUT2D eigenvalue weighted by atomic mass is 32.1. The van der Waals surface area contributed by atoms with Gasteiger partial charge in [0.1, 0.15) is 0 Å². The Kier molecular flexibility index (Phi) is 3.95. The van der Waals surface area contributed by atoms with Crippen molar-refractivity contribution in [3.63, 3.8) is 0 Å². The summed E-state index contributed by atoms with van der Waals surface area (Å²) in [6, 6.07) is 2.58. The number of hydrogen-bond acceptors (Lipinski definition) is 5. The Hall–Kier alpha value is -1.46. The first-order valence-corrected chi connectivity index (χ1v) is 8.58. The van der Waals surface area contributed by atoms with Crippen molar-refractivity contribution in [2.45, 2.75) is 58.6 Å². The molecule has 2 heterocycles. The third-order valence-electron chi connectivity index (χ3n) is 4.18. The predicted molar refractivity (Wildman–Crippen MR) is 90.4 cm³/mol. The van der Waals surface area contributed by atoms with Crippen molar-refractivity contribution in [1.29, 1.82) is 0 Å². The summed E-state index contributed by atoms with van der Waals surface area (Å²) in [4.78, 5) is 11.8. The van der Waals surface area contributed by atoms with Crippen LogP contribution in [0, 0.1) is 13.8 Å². The molecule has 2 N–H and O–H groups in total. The van der Waals surface area contributed by atoms with Gasteiger partial charge in [0.05, 0.1) is 11.6 Å². The van der Waals surface area contributed by atoms with E-state index in [9.17, 15) is 5.11 Å². The molecular weight excluding hydrogens is 294 g/mol. The third-order valence-corrected chi connectivity index (χ3v) is 5.30. The Balaban J connectivity index is 1.84. The number of aliphatic hydroxyl groups is 1. The van der Waals surface area contributed by atoms with Gasteiger partial charge in [0.25, 0.3) is 0 Å². The van der Waals surface area contributed by atoms with Gasteiger partial charge in [-0.3, -0.25) is 0 Å². The molecule has 0 spiro atoms. The van der Waals surface area contributed by atoms with E-state index in [1.807, 2.05) is 18.3 Å². The summed E-state index contributed by atoms with van der Waals surface area (Å²) in [5.41, 5.74) is 2.09. The molecule has 0 amide bonds. The number of nitrogens with one attached hydrogen (secondary N) is 1. The van der Waals surface area contributed by atoms with Crippen LogP contribution in [0.25, 0.3) is 0 Å². The van der Waals surface area contributed by atoms with Gasteiger partial charge in [-0.25, -0.2) is 9.97 Å². The number of thiophene rings is 1. The number of aryl methyl sites for hydroxylation is 3. The van der Waals surface area contributed by atoms with Crippen molar-refractivity contribution in [1.82, 2.24) is 9.97 Å². The minimum Gasteiger partial charge on any atom is -0.386 e. The standard InChI is InChI=1S/C17H23N3OS/c1-10-8-12-14(6-5-7-15(12)22-10)20-16-18-9-13(11(2)19-16)17(3,4)21/h8-9,14,21H,5-7H2,1-4H3,(H,18,19,20). The van der Waals surface area contributed by atoms with Gasteiger partial charge in [-0.1, -0.05) is 0 Å². The minimum atomic E-state index is -0.912. The molecule has 4 nitrogen and oxygen atoms in total. The van der Waals surface area contributed by atoms with Crippen LogP contribution in [0.15, 0.2) is 12.3 Å². The highest BCUT2D eigenvalue weighted by molar-refractivity contribution is 7.12. The second kappa shape index (κ2) is 5.63. The van der Waals surface area contributed by atoms with Gasteiger partial charge in [-0.15, -0.1) is 11.3 Å². The molecule has 0 bridgehead atoms. The Labute approximate surface area is 135 Å². The summed E-state index contributed by atoms with van der Waals surface area (Å²) in [5, 5.41) is 13.6. The average Bonchev–Trinajstić information content (AvgIpc) is 2.79. The van der Waals surface area contributed by atoms with Gasteiger partial charge in [0.2, 0.25) is 5.95 Å². The maximum absolute atomic E-state index is 10.1. The van der Waals surface area contributed by atoms with Gasteiger partial charge in [0.15, 0.2) is 0 Å². The van der Waals surface area contributed by atoms with Gasteiger partial charge in [0, 0.05) is 27.2 Å². The van der Waals surface area contributed by atoms with Crippen LogP contribution in [0.3, 0.4) is 0 Å². The largest absolute Gasteiger partial charge is 0.386 e. The number of hydrogen-bond donors (Lipinski definition) is 2. The first-order valence-electron chi connectivity index (χ1n) is 7.77. The number of anilines is 1. The SMILES string of the molecule is Cc1cc2c(s1)CCCC2Nc1ncc(C(C)(C)O)c(C)n1. The molecule has 5 heteroatoms. The van der Waals surface area contributed by atoms with Crippen LogP contribution in [0.4, 0.5) is 5.95 Å². The van der Waals surface area contributed by atoms with Crippen molar-refractivity contribution >= 4 is 17.3 Å². The smallest absolute Gasteiger partial charge is 0.223 e. The van der Waals surface area contributed by atoms with Gasteiger partial charge in [-0.2, -0.15) is 0 Å². The molecule has 1 aliphatic rings. The highest BCUT2D eigenvalue weighted by Crippen LogP contribution is 2.37. The van der Waals surface area contributed by atoms with E-state index < -0.39 is 5.60 Å². The molecule has 22 heavy (non-hydrogen) atoms. The summed E-state index contributed by atoms with van der Waals surface area (Å²) < 4.78 is 0. The van der Waals surface area contributed by atoms with Crippen LogP contribution in [-0.2, 0) is 12.0 Å². The van der Waals surface area contributed by atoms with Crippen LogP contribution in [0.5, 0.6) is 0 Å². The topological polar surface area (TPSA) is 58.0 Å². The van der Waals surface area contributed by atoms with E-state index >= 15 is 0 Å². The normalized spacial score (nSPS) is 18.1. The molecular formula is C17H23N3OS. The fraction of sp³-hybridized carbons (Fsp3) is 0.529. The lowest BCUT2D eigenvalue weighted by Crippen LogP contribution is -2.21. The van der Waals surface area contributed by atoms with Crippen LogP contribution in [0.1, 0.15) is 59.3 Å². The molecule has 0 aromatic carbocycles. The Morgan fingerprint density at radius 1 is 1.36 bits per heavy atom. The zero-order chi connectivity index (χ0) is 15.9. The molecule has 3 rings (SSSR count). The summed E-state index contributed by atoms with van der Waals surface area (Å²) >= 11 is 1.90. The van der Waals surface area contributed by atoms with Crippen LogP contribution in [0.2, 0.25) is 0 Å². The molecule has 2 aromatic heterocycles. The minimum absolute atomic E-state index is 0.293. The molecule has 2 aromatic rings. The number of aromatic nitrogens is 2. The van der Waals surface area contributed by atoms with E-state index in [-0.39, 0.29) is 0 Å². The average molecular weight is 317 g/mol. The highest BCUT2D eigenvalue weighted by Gasteiger charge is 2.24. The lowest BCUT2D eigenvalue weighted by Gasteiger charge is -2.24. The molecule has 118 valence electrons. The van der Waals surface area contributed by atoms with Crippen molar-refractivity contribution in [3.8, 4) is 0 Å². The predicted octanol–water partition coefficient (Wildman–Crippen LogP) is 3.87. The molecule has 1 unspecified atom stereocenters. The van der Waals surface area contributed by atoms with E-state index in [0.29, 0.717) is 12.0 Å². The lowest BCUT2D eigenvalue weighted by atomic mass is 9.94. The van der Waals surface area contributed by atoms with Crippen molar-refractivity contribution in [2.24, 2.45) is 0 Å². The summed E-state index contributed by atoms with van der Waals surface area (Å²) in [6.45, 7) is 7.60. The van der Waals surface area contributed by atoms with E-state index in [4.69, 9.17) is 0 Å². The zero-order valence-electron chi connectivity index (χ0n) is 13.6. The second-order valence-electron chi connectivity index (χ2n) is 6.58. The van der Waals surface area contributed by atoms with Crippen molar-refractivity contribution < 1.29 is 5.11 Å². The first kappa shape index (κ1) is 15.4. The summed E-state index contributed by atoms with van der Waals surface area (Å²) in [6.07, 6.45) is 5.22. The van der Waals surface area contributed by atoms with E-state index in [1.165, 1.54) is 28.2 Å². The van der Waals surface area contributed by atoms with Crippen LogP contribution < -0.4 is 5.32 Å². The van der Waals surface area contributed by atoms with Crippen LogP contribution in [-0.4, -0.2) is 15.1 Å². The fourth-order valence-electron chi connectivity index (χ4n) is 3.14. The van der Waals surface area contributed by atoms with Gasteiger partial charge in [-0.05, 0) is 58.6 Å². The lowest BCUT2D eigenvalue weighted by molar-refractivity contribution is 0.0771. The Morgan fingerprint density at radius 2 is 2.14 bits per heavy atom. The second-order valence-corrected chi connectivity index (χ2v) is 7.92. The van der Waals surface area contributed by atoms with E-state index in [0.717, 1.165) is 17.7 Å². The molecule has 1 atom stereocenters. The molecule has 1 aliphatic carbocycles. The summed E-state index contributed by atoms with van der Waals surface area (Å²) in [7, 11) is 0. The maximum atomic E-state index is 10.1. The van der Waals surface area contributed by atoms with Crippen LogP contribution >= 0.6 is 11.3 Å². The third kappa shape index (κ3) is 3.01. The quantitative estimate of drug-likeness (QED) is 0.902. The Morgan fingerprint density at radius 3 is 2.82 bits per heavy atom. The van der Waals surface area contributed by atoms with Gasteiger partial charge < -0.3 is 10.4 Å². The Bertz CT molecular complexity index is 688. The zero-order valence-corrected chi connectivity index (χ0v) is 14.4. The molecule has 0 fully saturated rings. The van der Waals surface area contributed by atoms with Crippen molar-refractivity contribution in [3.05, 3.63) is 38.8 Å². The summed E-state index contributed by atoms with van der Waals surface area (Å²) in [5.74, 6) is 0.646. The molecule has 0 saturated carbocycles. The number of nitrogens with zero attached hydrogens (tertiary/aromatic N) is 2. The van der Waals surface area contributed by atoms with Crippen molar-refractivity contribution in [2.75, 3.05) is 5.32 Å². The van der Waals surface area contributed by atoms with E-state index in [2.05, 4.69) is 28.3 Å². The molecule has 0 aliphatic heterocycles. The maximum Gasteiger partial charge on any atom is 0.223 e. The number of rotatable bonds is 3. The molecule has 0 saturated heterocycles.